The van der Waals surface area contributed by atoms with E-state index in [-0.39, 0.29) is 11.9 Å². The van der Waals surface area contributed by atoms with Gasteiger partial charge >= 0.3 is 0 Å². The Labute approximate surface area is 130 Å². The molecule has 0 bridgehead atoms. The number of benzene rings is 2. The van der Waals surface area contributed by atoms with E-state index in [2.05, 4.69) is 38.3 Å². The van der Waals surface area contributed by atoms with E-state index in [0.717, 1.165) is 5.56 Å². The lowest BCUT2D eigenvalue weighted by molar-refractivity contribution is 0.545. The Hall–Kier alpha value is -1.42. The van der Waals surface area contributed by atoms with Crippen molar-refractivity contribution in [3.05, 3.63) is 69.0 Å². The first-order valence-electron chi connectivity index (χ1n) is 6.90. The topological polar surface area (TPSA) is 38.0 Å². The fraction of sp³-hybridized carbons (Fsp3) is 0.294. The summed E-state index contributed by atoms with van der Waals surface area (Å²) in [5, 5.41) is 0.428. The molecule has 2 aromatic rings. The van der Waals surface area contributed by atoms with Gasteiger partial charge in [-0.3, -0.25) is 11.3 Å². The van der Waals surface area contributed by atoms with E-state index in [0.29, 0.717) is 11.4 Å². The minimum atomic E-state index is -0.330. The van der Waals surface area contributed by atoms with Crippen LogP contribution >= 0.6 is 11.6 Å². The minimum absolute atomic E-state index is 0.0615. The third-order valence-corrected chi connectivity index (χ3v) is 4.08. The number of hydrogen-bond donors (Lipinski definition) is 2. The molecule has 21 heavy (non-hydrogen) atoms. The van der Waals surface area contributed by atoms with Gasteiger partial charge < -0.3 is 0 Å². The lowest BCUT2D eigenvalue weighted by Crippen LogP contribution is -2.30. The maximum absolute atomic E-state index is 13.1. The Morgan fingerprint density at radius 2 is 1.76 bits per heavy atom. The molecule has 0 aromatic heterocycles. The zero-order valence-electron chi connectivity index (χ0n) is 12.5. The first-order valence-corrected chi connectivity index (χ1v) is 7.28. The third kappa shape index (κ3) is 3.62. The summed E-state index contributed by atoms with van der Waals surface area (Å²) in [5.41, 5.74) is 8.51. The normalized spacial score (nSPS) is 12.5. The van der Waals surface area contributed by atoms with Crippen molar-refractivity contribution >= 4 is 11.6 Å². The first-order chi connectivity index (χ1) is 9.92. The van der Waals surface area contributed by atoms with Crippen LogP contribution in [-0.2, 0) is 6.42 Å². The Balaban J connectivity index is 2.37. The van der Waals surface area contributed by atoms with Crippen LogP contribution in [0.15, 0.2) is 30.3 Å². The second-order valence-corrected chi connectivity index (χ2v) is 5.88. The highest BCUT2D eigenvalue weighted by molar-refractivity contribution is 6.31. The predicted molar refractivity (Wildman–Crippen MR) is 85.8 cm³/mol. The van der Waals surface area contributed by atoms with E-state index in [1.165, 1.54) is 34.4 Å². The van der Waals surface area contributed by atoms with Crippen molar-refractivity contribution in [2.45, 2.75) is 33.2 Å². The smallest absolute Gasteiger partial charge is 0.124 e. The standard InChI is InChI=1S/C17H20ClFN2/c1-10-6-11(2)17(12(3)7-10)16(21-20)8-13-4-5-14(19)9-15(13)18/h4-7,9,16,21H,8,20H2,1-3H3. The lowest BCUT2D eigenvalue weighted by atomic mass is 9.91. The number of rotatable bonds is 4. The van der Waals surface area contributed by atoms with Gasteiger partial charge in [0.05, 0.1) is 6.04 Å². The molecule has 1 unspecified atom stereocenters. The summed E-state index contributed by atoms with van der Waals surface area (Å²) in [7, 11) is 0. The molecule has 0 spiro atoms. The van der Waals surface area contributed by atoms with Gasteiger partial charge in [-0.25, -0.2) is 4.39 Å². The molecule has 0 heterocycles. The highest BCUT2D eigenvalue weighted by atomic mass is 35.5. The van der Waals surface area contributed by atoms with E-state index in [1.807, 2.05) is 0 Å². The lowest BCUT2D eigenvalue weighted by Gasteiger charge is -2.22. The zero-order valence-corrected chi connectivity index (χ0v) is 13.3. The Bertz CT molecular complexity index is 632. The summed E-state index contributed by atoms with van der Waals surface area (Å²) >= 11 is 6.11. The molecule has 2 nitrogen and oxygen atoms in total. The molecule has 0 amide bonds. The molecule has 0 saturated carbocycles. The maximum Gasteiger partial charge on any atom is 0.124 e. The second kappa shape index (κ2) is 6.56. The second-order valence-electron chi connectivity index (χ2n) is 5.47. The summed E-state index contributed by atoms with van der Waals surface area (Å²) in [5.74, 6) is 5.41. The Morgan fingerprint density at radius 1 is 1.14 bits per heavy atom. The third-order valence-electron chi connectivity index (χ3n) is 3.73. The molecule has 0 aliphatic heterocycles. The Kier molecular flexibility index (Phi) is 4.99. The van der Waals surface area contributed by atoms with Crippen LogP contribution in [0.2, 0.25) is 5.02 Å². The number of hydrogen-bond acceptors (Lipinski definition) is 2. The maximum atomic E-state index is 13.1. The predicted octanol–water partition coefficient (Wildman–Crippen LogP) is 4.15. The van der Waals surface area contributed by atoms with E-state index in [1.54, 1.807) is 6.07 Å². The zero-order chi connectivity index (χ0) is 15.6. The van der Waals surface area contributed by atoms with Crippen molar-refractivity contribution < 1.29 is 4.39 Å². The molecular weight excluding hydrogens is 287 g/mol. The monoisotopic (exact) mass is 306 g/mol. The fourth-order valence-electron chi connectivity index (χ4n) is 2.89. The quantitative estimate of drug-likeness (QED) is 0.658. The molecule has 112 valence electrons. The van der Waals surface area contributed by atoms with Crippen molar-refractivity contribution in [3.8, 4) is 0 Å². The van der Waals surface area contributed by atoms with Crippen molar-refractivity contribution in [2.24, 2.45) is 5.84 Å². The molecule has 4 heteroatoms. The van der Waals surface area contributed by atoms with Crippen LogP contribution in [-0.4, -0.2) is 0 Å². The van der Waals surface area contributed by atoms with Gasteiger partial charge in [0.1, 0.15) is 5.82 Å². The van der Waals surface area contributed by atoms with Gasteiger partial charge in [0.25, 0.3) is 0 Å². The molecule has 0 aliphatic carbocycles. The van der Waals surface area contributed by atoms with Crippen LogP contribution in [0.1, 0.15) is 33.9 Å². The molecule has 3 N–H and O–H groups in total. The molecule has 2 aromatic carbocycles. The summed E-state index contributed by atoms with van der Waals surface area (Å²) in [4.78, 5) is 0. The van der Waals surface area contributed by atoms with Crippen molar-refractivity contribution in [1.82, 2.24) is 5.43 Å². The number of nitrogens with two attached hydrogens (primary N) is 1. The fourth-order valence-corrected chi connectivity index (χ4v) is 3.14. The van der Waals surface area contributed by atoms with Gasteiger partial charge in [-0.15, -0.1) is 0 Å². The van der Waals surface area contributed by atoms with Crippen molar-refractivity contribution in [2.75, 3.05) is 0 Å². The first kappa shape index (κ1) is 16.0. The van der Waals surface area contributed by atoms with Gasteiger partial charge in [0.15, 0.2) is 0 Å². The summed E-state index contributed by atoms with van der Waals surface area (Å²) < 4.78 is 13.1. The highest BCUT2D eigenvalue weighted by Crippen LogP contribution is 2.28. The van der Waals surface area contributed by atoms with Crippen molar-refractivity contribution in [3.63, 3.8) is 0 Å². The van der Waals surface area contributed by atoms with Crippen molar-refractivity contribution in [1.29, 1.82) is 0 Å². The van der Waals surface area contributed by atoms with E-state index >= 15 is 0 Å². The van der Waals surface area contributed by atoms with Crippen LogP contribution in [0, 0.1) is 26.6 Å². The van der Waals surface area contributed by atoms with Gasteiger partial charge in [-0.05, 0) is 61.6 Å². The number of nitrogens with one attached hydrogen (secondary N) is 1. The largest absolute Gasteiger partial charge is 0.271 e. The van der Waals surface area contributed by atoms with E-state index in [9.17, 15) is 4.39 Å². The SMILES string of the molecule is Cc1cc(C)c(C(Cc2ccc(F)cc2Cl)NN)c(C)c1. The average Bonchev–Trinajstić information content (AvgIpc) is 2.39. The molecule has 0 saturated heterocycles. The van der Waals surface area contributed by atoms with Gasteiger partial charge in [0.2, 0.25) is 0 Å². The molecule has 0 radical (unpaired) electrons. The van der Waals surface area contributed by atoms with Crippen LogP contribution in [0.25, 0.3) is 0 Å². The van der Waals surface area contributed by atoms with Crippen LogP contribution in [0.4, 0.5) is 4.39 Å². The summed E-state index contributed by atoms with van der Waals surface area (Å²) in [6.07, 6.45) is 0.611. The van der Waals surface area contributed by atoms with Gasteiger partial charge in [0, 0.05) is 5.02 Å². The molecule has 2 rings (SSSR count). The molecular formula is C17H20ClFN2. The Morgan fingerprint density at radius 3 is 2.29 bits per heavy atom. The summed E-state index contributed by atoms with van der Waals surface area (Å²) in [6.45, 7) is 6.23. The molecule has 1 atom stereocenters. The molecule has 0 fully saturated rings. The molecule has 0 aliphatic rings. The number of hydrazine groups is 1. The number of aryl methyl sites for hydroxylation is 3. The highest BCUT2D eigenvalue weighted by Gasteiger charge is 2.17. The van der Waals surface area contributed by atoms with Gasteiger partial charge in [-0.2, -0.15) is 0 Å². The van der Waals surface area contributed by atoms with E-state index in [4.69, 9.17) is 17.4 Å². The van der Waals surface area contributed by atoms with E-state index < -0.39 is 0 Å². The number of halogens is 2. The minimum Gasteiger partial charge on any atom is -0.271 e. The van der Waals surface area contributed by atoms with Gasteiger partial charge in [-0.1, -0.05) is 35.4 Å². The summed E-state index contributed by atoms with van der Waals surface area (Å²) in [6, 6.07) is 8.68. The average molecular weight is 307 g/mol. The van der Waals surface area contributed by atoms with Crippen LogP contribution in [0.3, 0.4) is 0 Å². The van der Waals surface area contributed by atoms with Crippen LogP contribution < -0.4 is 11.3 Å². The van der Waals surface area contributed by atoms with Crippen LogP contribution in [0.5, 0.6) is 0 Å².